The third-order valence-electron chi connectivity index (χ3n) is 9.91. The van der Waals surface area contributed by atoms with Gasteiger partial charge in [0.25, 0.3) is 5.91 Å². The molecule has 2 atom stereocenters. The normalized spacial score (nSPS) is 18.8. The number of hydrogen-bond acceptors (Lipinski definition) is 9. The van der Waals surface area contributed by atoms with Crippen molar-refractivity contribution >= 4 is 44.6 Å². The van der Waals surface area contributed by atoms with Crippen molar-refractivity contribution in [1.29, 1.82) is 5.26 Å². The number of nitrogens with zero attached hydrogens (tertiary/aromatic N) is 10. The minimum Gasteiger partial charge on any atom is -0.351 e. The molecule has 0 radical (unpaired) electrons. The van der Waals surface area contributed by atoms with Crippen molar-refractivity contribution in [2.45, 2.75) is 58.2 Å². The second-order valence-corrected chi connectivity index (χ2v) is 12.6. The number of carbonyl (C=O) groups is 1. The van der Waals surface area contributed by atoms with Gasteiger partial charge < -0.3 is 14.7 Å². The van der Waals surface area contributed by atoms with Crippen molar-refractivity contribution in [2.75, 3.05) is 38.1 Å². The summed E-state index contributed by atoms with van der Waals surface area (Å²) in [7, 11) is 2.07. The van der Waals surface area contributed by atoms with Gasteiger partial charge in [0.2, 0.25) is 0 Å². The van der Waals surface area contributed by atoms with Gasteiger partial charge in [0, 0.05) is 48.7 Å². The van der Waals surface area contributed by atoms with E-state index < -0.39 is 23.6 Å². The van der Waals surface area contributed by atoms with Gasteiger partial charge in [-0.3, -0.25) is 14.9 Å². The average Bonchev–Trinajstić information content (AvgIpc) is 3.65. The molecule has 0 spiro atoms. The lowest BCUT2D eigenvalue weighted by molar-refractivity contribution is -0.132. The zero-order valence-corrected chi connectivity index (χ0v) is 26.8. The van der Waals surface area contributed by atoms with Crippen molar-refractivity contribution in [1.82, 2.24) is 45.0 Å². The van der Waals surface area contributed by atoms with E-state index in [1.807, 2.05) is 26.0 Å². The highest BCUT2D eigenvalue weighted by Crippen LogP contribution is 2.39. The fourth-order valence-corrected chi connectivity index (χ4v) is 6.86. The van der Waals surface area contributed by atoms with Crippen LogP contribution in [0.5, 0.6) is 0 Å². The Morgan fingerprint density at radius 3 is 2.68 bits per heavy atom. The number of anilines is 1. The molecule has 2 aliphatic rings. The molecule has 4 aromatic heterocycles. The Morgan fingerprint density at radius 1 is 1.19 bits per heavy atom. The van der Waals surface area contributed by atoms with Gasteiger partial charge in [0.15, 0.2) is 23.0 Å². The van der Waals surface area contributed by atoms with Gasteiger partial charge in [0.05, 0.1) is 24.0 Å². The zero-order valence-electron chi connectivity index (χ0n) is 26.8. The number of likely N-dealkylation sites (N-methyl/N-ethyl adjacent to an activating group) is 1. The second kappa shape index (κ2) is 11.6. The molecule has 0 unspecified atom stereocenters. The number of fused-ring (bicyclic) bond motifs is 4. The van der Waals surface area contributed by atoms with Gasteiger partial charge in [-0.2, -0.15) is 10.4 Å². The predicted molar refractivity (Wildman–Crippen MR) is 174 cm³/mol. The summed E-state index contributed by atoms with van der Waals surface area (Å²) in [6, 6.07) is 5.56. The number of halogens is 2. The van der Waals surface area contributed by atoms with E-state index >= 15 is 4.39 Å². The second-order valence-electron chi connectivity index (χ2n) is 12.6. The largest absolute Gasteiger partial charge is 0.351 e. The Labute approximate surface area is 269 Å². The fourth-order valence-electron chi connectivity index (χ4n) is 6.86. The summed E-state index contributed by atoms with van der Waals surface area (Å²) in [5.74, 6) is -1.95. The van der Waals surface area contributed by atoms with Gasteiger partial charge in [-0.15, -0.1) is 5.10 Å². The number of aromatic nitrogens is 7. The van der Waals surface area contributed by atoms with E-state index in [4.69, 9.17) is 4.98 Å². The number of piperidine rings is 1. The predicted octanol–water partition coefficient (Wildman–Crippen LogP) is 4.74. The maximum absolute atomic E-state index is 16.8. The Morgan fingerprint density at radius 2 is 1.96 bits per heavy atom. The first-order valence-corrected chi connectivity index (χ1v) is 15.8. The lowest BCUT2D eigenvalue weighted by Gasteiger charge is -2.44. The van der Waals surface area contributed by atoms with E-state index in [0.29, 0.717) is 59.9 Å². The highest BCUT2D eigenvalue weighted by atomic mass is 19.1. The smallest absolute Gasteiger partial charge is 0.282 e. The first kappa shape index (κ1) is 30.6. The van der Waals surface area contributed by atoms with Gasteiger partial charge in [0.1, 0.15) is 22.4 Å². The summed E-state index contributed by atoms with van der Waals surface area (Å²) >= 11 is 0. The van der Waals surface area contributed by atoms with Crippen LogP contribution in [0.3, 0.4) is 0 Å². The first-order valence-electron chi connectivity index (χ1n) is 15.8. The van der Waals surface area contributed by atoms with E-state index in [0.717, 1.165) is 28.6 Å². The summed E-state index contributed by atoms with van der Waals surface area (Å²) in [5, 5.41) is 27.3. The first-order chi connectivity index (χ1) is 22.6. The summed E-state index contributed by atoms with van der Waals surface area (Å²) in [6.45, 7) is 11.8. The number of hydrogen-bond donors (Lipinski definition) is 1. The van der Waals surface area contributed by atoms with Crippen LogP contribution in [0.15, 0.2) is 30.7 Å². The van der Waals surface area contributed by atoms with E-state index in [-0.39, 0.29) is 30.2 Å². The number of carbonyl (C=O) groups excluding carboxylic acids is 1. The van der Waals surface area contributed by atoms with Crippen LogP contribution >= 0.6 is 0 Å². The summed E-state index contributed by atoms with van der Waals surface area (Å²) in [6.07, 6.45) is 2.38. The molecule has 2 saturated heterocycles. The zero-order chi connectivity index (χ0) is 33.1. The summed E-state index contributed by atoms with van der Waals surface area (Å²) < 4.78 is 32.4. The minimum absolute atomic E-state index is 0.0198. The molecule has 1 aromatic carbocycles. The Balaban J connectivity index is 1.37. The number of likely N-dealkylation sites (tertiary alicyclic amines) is 1. The Hall–Kier alpha value is -5.03. The summed E-state index contributed by atoms with van der Waals surface area (Å²) in [4.78, 5) is 27.7. The van der Waals surface area contributed by atoms with Gasteiger partial charge in [-0.05, 0) is 63.5 Å². The Kier molecular flexibility index (Phi) is 7.59. The molecular weight excluding hydrogens is 604 g/mol. The highest BCUT2D eigenvalue weighted by molar-refractivity contribution is 6.08. The number of nitriles is 1. The molecule has 1 amide bonds. The van der Waals surface area contributed by atoms with Gasteiger partial charge >= 0.3 is 0 Å². The van der Waals surface area contributed by atoms with E-state index in [2.05, 4.69) is 61.9 Å². The molecule has 47 heavy (non-hydrogen) atoms. The van der Waals surface area contributed by atoms with Crippen LogP contribution in [-0.4, -0.2) is 96.2 Å². The van der Waals surface area contributed by atoms with Crippen LogP contribution in [0.25, 0.3) is 44.2 Å². The number of aryl methyl sites for hydroxylation is 2. The van der Waals surface area contributed by atoms with Crippen LogP contribution in [-0.2, 0) is 4.79 Å². The number of H-pyrrole nitrogens is 1. The molecule has 2 fully saturated rings. The lowest BCUT2D eigenvalue weighted by Crippen LogP contribution is -2.58. The molecule has 0 aliphatic carbocycles. The molecular formula is C33H35F2N11O. The molecule has 7 rings (SSSR count). The van der Waals surface area contributed by atoms with Gasteiger partial charge in [-0.25, -0.2) is 18.4 Å². The monoisotopic (exact) mass is 639 g/mol. The fraction of sp³-hybridized carbons (Fsp3) is 0.424. The Bertz CT molecular complexity index is 2110. The number of pyridine rings is 2. The van der Waals surface area contributed by atoms with E-state index in [1.54, 1.807) is 10.9 Å². The highest BCUT2D eigenvalue weighted by Gasteiger charge is 2.37. The standard InChI is InChI=1S/C33H35F2N11O/c1-6-43(5)22-15-44(16-22)32-30-31(46(42-41-30)21-8-10-45(33(47)19(4)34)20(13-21)7-9-36)24-14-37-29(26(35)27(24)38-32)28-23-11-17(2)18(3)12-25(23)39-40-28/h11-12,14,20-22H,4,6-8,10,13,15-16H2,1-3,5H3,(H,39,40)/t20-,21+/m1/s1. The van der Waals surface area contributed by atoms with Crippen LogP contribution in [0.1, 0.15) is 43.4 Å². The van der Waals surface area contributed by atoms with E-state index in [9.17, 15) is 14.4 Å². The molecule has 14 heteroatoms. The van der Waals surface area contributed by atoms with Crippen molar-refractivity contribution in [2.24, 2.45) is 0 Å². The molecule has 1 N–H and O–H groups in total. The van der Waals surface area contributed by atoms with Crippen LogP contribution in [0.4, 0.5) is 14.6 Å². The van der Waals surface area contributed by atoms with E-state index in [1.165, 1.54) is 4.90 Å². The molecule has 2 aliphatic heterocycles. The van der Waals surface area contributed by atoms with Crippen LogP contribution in [0, 0.1) is 31.0 Å². The third-order valence-corrected chi connectivity index (χ3v) is 9.91. The molecule has 6 heterocycles. The SMILES string of the molecule is C=C(F)C(=O)N1CC[C@H](n2nnc3c(N4CC(N(C)CC)C4)nc4c(F)c(-c5n[nH]c6cc(C)c(C)cc56)ncc4c32)C[C@H]1CC#N. The van der Waals surface area contributed by atoms with Crippen molar-refractivity contribution in [3.05, 3.63) is 47.7 Å². The number of rotatable bonds is 7. The quantitative estimate of drug-likeness (QED) is 0.251. The maximum Gasteiger partial charge on any atom is 0.282 e. The lowest BCUT2D eigenvalue weighted by atomic mass is 9.94. The average molecular weight is 640 g/mol. The molecule has 0 saturated carbocycles. The molecule has 242 valence electrons. The van der Waals surface area contributed by atoms with Gasteiger partial charge in [-0.1, -0.05) is 18.7 Å². The third kappa shape index (κ3) is 4.96. The van der Waals surface area contributed by atoms with Crippen LogP contribution < -0.4 is 4.90 Å². The van der Waals surface area contributed by atoms with Crippen molar-refractivity contribution < 1.29 is 13.6 Å². The number of aromatic amines is 1. The minimum atomic E-state index is -1.06. The number of amides is 1. The maximum atomic E-state index is 16.8. The molecule has 12 nitrogen and oxygen atoms in total. The van der Waals surface area contributed by atoms with Crippen molar-refractivity contribution in [3.63, 3.8) is 0 Å². The number of benzene rings is 1. The number of nitrogens with one attached hydrogen (secondary N) is 1. The topological polar surface area (TPSA) is 136 Å². The summed E-state index contributed by atoms with van der Waals surface area (Å²) in [5.41, 5.74) is 4.65. The molecule has 0 bridgehead atoms. The molecule has 5 aromatic rings. The van der Waals surface area contributed by atoms with Crippen LogP contribution in [0.2, 0.25) is 0 Å². The van der Waals surface area contributed by atoms with Crippen molar-refractivity contribution in [3.8, 4) is 17.5 Å².